The van der Waals surface area contributed by atoms with Crippen LogP contribution < -0.4 is 9.47 Å². The van der Waals surface area contributed by atoms with Gasteiger partial charge in [-0.25, -0.2) is 13.8 Å². The smallest absolute Gasteiger partial charge is 0.166 e. The number of Topliss-reactive ketones (excluding diaryl/α,β-unsaturated/α-hetero) is 1. The number of hydrogen-bond donors (Lipinski definition) is 0. The van der Waals surface area contributed by atoms with Crippen LogP contribution >= 0.6 is 0 Å². The molecule has 0 radical (unpaired) electrons. The number of halogens is 2. The van der Waals surface area contributed by atoms with Crippen LogP contribution in [0.25, 0.3) is 11.0 Å². The van der Waals surface area contributed by atoms with Crippen molar-refractivity contribution < 1.29 is 23.0 Å². The number of hydrogen-bond acceptors (Lipinski definition) is 5. The van der Waals surface area contributed by atoms with Crippen molar-refractivity contribution in [3.63, 3.8) is 0 Å². The third kappa shape index (κ3) is 3.52. The predicted molar refractivity (Wildman–Crippen MR) is 106 cm³/mol. The Kier molecular flexibility index (Phi) is 4.86. The number of benzene rings is 2. The van der Waals surface area contributed by atoms with Gasteiger partial charge in [-0.3, -0.25) is 9.69 Å². The number of nitrogens with zero attached hydrogens (tertiary/aromatic N) is 3. The molecule has 0 bridgehead atoms. The van der Waals surface area contributed by atoms with Crippen LogP contribution in [0.5, 0.6) is 11.5 Å². The molecule has 0 saturated carbocycles. The molecule has 3 heterocycles. The fourth-order valence-corrected chi connectivity index (χ4v) is 4.15. The first-order chi connectivity index (χ1) is 14.6. The van der Waals surface area contributed by atoms with E-state index >= 15 is 0 Å². The molecule has 0 amide bonds. The first kappa shape index (κ1) is 19.0. The van der Waals surface area contributed by atoms with Gasteiger partial charge in [0.2, 0.25) is 0 Å². The van der Waals surface area contributed by atoms with Crippen LogP contribution in [0.15, 0.2) is 36.7 Å². The van der Waals surface area contributed by atoms with Crippen molar-refractivity contribution in [3.8, 4) is 11.5 Å². The molecule has 2 aliphatic rings. The molecule has 1 fully saturated rings. The Morgan fingerprint density at radius 1 is 1.03 bits per heavy atom. The standard InChI is InChI=1S/C22H21F2N3O3/c23-16-10-18-19(11-17(16)24)27(12-25-18)13-26-5-3-14(4-6-26)22(28)15-1-2-20-21(9-15)30-8-7-29-20/h1-2,9-12,14H,3-8,13H2. The Hall–Kier alpha value is -3.00. The summed E-state index contributed by atoms with van der Waals surface area (Å²) in [5.74, 6) is -0.400. The quantitative estimate of drug-likeness (QED) is 0.612. The zero-order valence-corrected chi connectivity index (χ0v) is 16.3. The monoisotopic (exact) mass is 413 g/mol. The molecule has 30 heavy (non-hydrogen) atoms. The first-order valence-electron chi connectivity index (χ1n) is 10.0. The van der Waals surface area contributed by atoms with Gasteiger partial charge in [0.05, 0.1) is 24.0 Å². The summed E-state index contributed by atoms with van der Waals surface area (Å²) in [4.78, 5) is 19.3. The number of imidazole rings is 1. The summed E-state index contributed by atoms with van der Waals surface area (Å²) in [7, 11) is 0. The molecule has 0 N–H and O–H groups in total. The first-order valence-corrected chi connectivity index (χ1v) is 10.0. The predicted octanol–water partition coefficient (Wildman–Crippen LogP) is 3.64. The Morgan fingerprint density at radius 2 is 1.77 bits per heavy atom. The van der Waals surface area contributed by atoms with E-state index in [2.05, 4.69) is 9.88 Å². The normalized spacial score (nSPS) is 17.4. The van der Waals surface area contributed by atoms with Crippen LogP contribution in [0.2, 0.25) is 0 Å². The third-order valence-electron chi connectivity index (χ3n) is 5.80. The molecule has 2 aromatic carbocycles. The minimum absolute atomic E-state index is 0.0464. The minimum atomic E-state index is -0.897. The highest BCUT2D eigenvalue weighted by molar-refractivity contribution is 5.98. The van der Waals surface area contributed by atoms with Gasteiger partial charge in [-0.05, 0) is 31.0 Å². The van der Waals surface area contributed by atoms with Crippen LogP contribution in [-0.2, 0) is 6.67 Å². The van der Waals surface area contributed by atoms with Crippen LogP contribution in [0.1, 0.15) is 23.2 Å². The van der Waals surface area contributed by atoms with E-state index in [0.29, 0.717) is 48.0 Å². The fourth-order valence-electron chi connectivity index (χ4n) is 4.15. The number of likely N-dealkylation sites (tertiary alicyclic amines) is 1. The fraction of sp³-hybridized carbons (Fsp3) is 0.364. The van der Waals surface area contributed by atoms with E-state index in [9.17, 15) is 13.6 Å². The minimum Gasteiger partial charge on any atom is -0.486 e. The number of fused-ring (bicyclic) bond motifs is 2. The average molecular weight is 413 g/mol. The molecule has 5 rings (SSSR count). The van der Waals surface area contributed by atoms with E-state index in [1.54, 1.807) is 29.1 Å². The summed E-state index contributed by atoms with van der Waals surface area (Å²) in [6.45, 7) is 3.01. The molecule has 0 aliphatic carbocycles. The molecule has 0 spiro atoms. The lowest BCUT2D eigenvalue weighted by atomic mass is 9.89. The summed E-state index contributed by atoms with van der Waals surface area (Å²) in [6.07, 6.45) is 3.07. The van der Waals surface area contributed by atoms with Crippen LogP contribution in [0.3, 0.4) is 0 Å². The molecule has 1 saturated heterocycles. The van der Waals surface area contributed by atoms with E-state index in [0.717, 1.165) is 32.0 Å². The van der Waals surface area contributed by atoms with Crippen molar-refractivity contribution in [1.82, 2.24) is 14.5 Å². The average Bonchev–Trinajstić information content (AvgIpc) is 3.15. The third-order valence-corrected chi connectivity index (χ3v) is 5.80. The number of aromatic nitrogens is 2. The van der Waals surface area contributed by atoms with Gasteiger partial charge in [-0.2, -0.15) is 0 Å². The highest BCUT2D eigenvalue weighted by Crippen LogP contribution is 2.32. The highest BCUT2D eigenvalue weighted by atomic mass is 19.2. The van der Waals surface area contributed by atoms with Gasteiger partial charge < -0.3 is 14.0 Å². The SMILES string of the molecule is O=C(c1ccc2c(c1)OCCO2)C1CCN(Cn2cnc3cc(F)c(F)cc32)CC1. The molecule has 0 unspecified atom stereocenters. The van der Waals surface area contributed by atoms with Crippen LogP contribution in [0, 0.1) is 17.6 Å². The van der Waals surface area contributed by atoms with E-state index < -0.39 is 11.6 Å². The van der Waals surface area contributed by atoms with Gasteiger partial charge >= 0.3 is 0 Å². The van der Waals surface area contributed by atoms with Crippen molar-refractivity contribution in [3.05, 3.63) is 53.9 Å². The maximum Gasteiger partial charge on any atom is 0.166 e. The van der Waals surface area contributed by atoms with E-state index in [1.807, 2.05) is 0 Å². The molecule has 0 atom stereocenters. The van der Waals surface area contributed by atoms with E-state index in [4.69, 9.17) is 9.47 Å². The zero-order valence-electron chi connectivity index (χ0n) is 16.3. The van der Waals surface area contributed by atoms with Crippen molar-refractivity contribution in [2.45, 2.75) is 19.5 Å². The molecule has 3 aromatic rings. The Balaban J connectivity index is 1.23. The van der Waals surface area contributed by atoms with Gasteiger partial charge in [0, 0.05) is 36.7 Å². The second-order valence-corrected chi connectivity index (χ2v) is 7.73. The lowest BCUT2D eigenvalue weighted by Gasteiger charge is -2.31. The Bertz CT molecular complexity index is 1110. The molecule has 8 heteroatoms. The Morgan fingerprint density at radius 3 is 2.57 bits per heavy atom. The van der Waals surface area contributed by atoms with Gasteiger partial charge in [-0.15, -0.1) is 0 Å². The van der Waals surface area contributed by atoms with Crippen molar-refractivity contribution in [1.29, 1.82) is 0 Å². The Labute approximate surface area is 172 Å². The number of ether oxygens (including phenoxy) is 2. The van der Waals surface area contributed by atoms with Crippen molar-refractivity contribution >= 4 is 16.8 Å². The summed E-state index contributed by atoms with van der Waals surface area (Å²) in [5, 5.41) is 0. The van der Waals surface area contributed by atoms with Crippen LogP contribution in [0.4, 0.5) is 8.78 Å². The number of piperidine rings is 1. The molecular weight excluding hydrogens is 392 g/mol. The number of ketones is 1. The molecule has 6 nitrogen and oxygen atoms in total. The number of rotatable bonds is 4. The van der Waals surface area contributed by atoms with Gasteiger partial charge in [0.15, 0.2) is 28.9 Å². The van der Waals surface area contributed by atoms with E-state index in [1.165, 1.54) is 6.07 Å². The highest BCUT2D eigenvalue weighted by Gasteiger charge is 2.27. The molecule has 2 aliphatic heterocycles. The van der Waals surface area contributed by atoms with Gasteiger partial charge in [0.1, 0.15) is 13.2 Å². The summed E-state index contributed by atoms with van der Waals surface area (Å²) < 4.78 is 39.9. The summed E-state index contributed by atoms with van der Waals surface area (Å²) in [5.41, 5.74) is 1.64. The molecule has 156 valence electrons. The van der Waals surface area contributed by atoms with E-state index in [-0.39, 0.29) is 11.7 Å². The summed E-state index contributed by atoms with van der Waals surface area (Å²) in [6, 6.07) is 7.65. The number of carbonyl (C=O) groups is 1. The largest absolute Gasteiger partial charge is 0.486 e. The second kappa shape index (κ2) is 7.68. The zero-order chi connectivity index (χ0) is 20.7. The van der Waals surface area contributed by atoms with Gasteiger partial charge in [0.25, 0.3) is 0 Å². The van der Waals surface area contributed by atoms with Crippen molar-refractivity contribution in [2.24, 2.45) is 5.92 Å². The summed E-state index contributed by atoms with van der Waals surface area (Å²) >= 11 is 0. The topological polar surface area (TPSA) is 56.6 Å². The van der Waals surface area contributed by atoms with Gasteiger partial charge in [-0.1, -0.05) is 0 Å². The molecular formula is C22H21F2N3O3. The lowest BCUT2D eigenvalue weighted by Crippen LogP contribution is -2.37. The second-order valence-electron chi connectivity index (χ2n) is 7.73. The molecule has 1 aromatic heterocycles. The van der Waals surface area contributed by atoms with Crippen molar-refractivity contribution in [2.75, 3.05) is 26.3 Å². The maximum atomic E-state index is 13.6. The van der Waals surface area contributed by atoms with Crippen LogP contribution in [-0.4, -0.2) is 46.5 Å². The maximum absolute atomic E-state index is 13.6. The lowest BCUT2D eigenvalue weighted by molar-refractivity contribution is 0.0811. The number of carbonyl (C=O) groups excluding carboxylic acids is 1.